The highest BCUT2D eigenvalue weighted by molar-refractivity contribution is 5.76. The van der Waals surface area contributed by atoms with Crippen molar-refractivity contribution in [2.75, 3.05) is 26.3 Å². The SMILES string of the molecule is O=C(CCc1ccc2c(c1)OCCCO2)NC1CCCN(Cc2ccccc2)C1. The number of amides is 1. The fraction of sp³-hybridized carbons (Fsp3) is 0.458. The molecule has 0 radical (unpaired) electrons. The quantitative estimate of drug-likeness (QED) is 0.814. The first kappa shape index (κ1) is 19.8. The summed E-state index contributed by atoms with van der Waals surface area (Å²) in [5, 5.41) is 3.24. The van der Waals surface area contributed by atoms with Gasteiger partial charge in [-0.05, 0) is 49.1 Å². The van der Waals surface area contributed by atoms with Crippen molar-refractivity contribution >= 4 is 5.91 Å². The number of ether oxygens (including phenoxy) is 2. The number of benzene rings is 2. The Morgan fingerprint density at radius 1 is 1.00 bits per heavy atom. The summed E-state index contributed by atoms with van der Waals surface area (Å²) in [6.45, 7) is 4.34. The van der Waals surface area contributed by atoms with E-state index >= 15 is 0 Å². The van der Waals surface area contributed by atoms with Gasteiger partial charge in [0.15, 0.2) is 11.5 Å². The fourth-order valence-electron chi connectivity index (χ4n) is 4.08. The van der Waals surface area contributed by atoms with Crippen molar-refractivity contribution in [2.45, 2.75) is 44.7 Å². The van der Waals surface area contributed by atoms with E-state index in [-0.39, 0.29) is 11.9 Å². The van der Waals surface area contributed by atoms with Crippen molar-refractivity contribution in [1.82, 2.24) is 10.2 Å². The van der Waals surface area contributed by atoms with E-state index in [2.05, 4.69) is 34.5 Å². The van der Waals surface area contributed by atoms with Crippen molar-refractivity contribution in [1.29, 1.82) is 0 Å². The van der Waals surface area contributed by atoms with Crippen LogP contribution in [0.4, 0.5) is 0 Å². The van der Waals surface area contributed by atoms with Gasteiger partial charge in [-0.25, -0.2) is 0 Å². The molecule has 1 saturated heterocycles. The molecular weight excluding hydrogens is 364 g/mol. The summed E-state index contributed by atoms with van der Waals surface area (Å²) < 4.78 is 11.4. The third-order valence-corrected chi connectivity index (χ3v) is 5.57. The highest BCUT2D eigenvalue weighted by Gasteiger charge is 2.21. The number of fused-ring (bicyclic) bond motifs is 1. The van der Waals surface area contributed by atoms with Crippen LogP contribution in [-0.2, 0) is 17.8 Å². The van der Waals surface area contributed by atoms with E-state index in [9.17, 15) is 4.79 Å². The molecule has 0 aromatic heterocycles. The number of hydrogen-bond acceptors (Lipinski definition) is 4. The van der Waals surface area contributed by atoms with Crippen LogP contribution >= 0.6 is 0 Å². The number of likely N-dealkylation sites (tertiary alicyclic amines) is 1. The smallest absolute Gasteiger partial charge is 0.220 e. The number of piperidine rings is 1. The van der Waals surface area contributed by atoms with Gasteiger partial charge in [-0.2, -0.15) is 0 Å². The van der Waals surface area contributed by atoms with Crippen LogP contribution in [0.1, 0.15) is 36.8 Å². The summed E-state index contributed by atoms with van der Waals surface area (Å²) in [5.41, 5.74) is 2.44. The molecule has 0 bridgehead atoms. The van der Waals surface area contributed by atoms with E-state index in [1.165, 1.54) is 5.56 Å². The van der Waals surface area contributed by atoms with Gasteiger partial charge < -0.3 is 14.8 Å². The Kier molecular flexibility index (Phi) is 6.67. The monoisotopic (exact) mass is 394 g/mol. The van der Waals surface area contributed by atoms with Crippen LogP contribution in [0.3, 0.4) is 0 Å². The zero-order valence-electron chi connectivity index (χ0n) is 16.9. The molecule has 1 unspecified atom stereocenters. The first-order valence-corrected chi connectivity index (χ1v) is 10.7. The normalized spacial score (nSPS) is 19.4. The van der Waals surface area contributed by atoms with Crippen LogP contribution in [0.5, 0.6) is 11.5 Å². The molecule has 5 heteroatoms. The second-order valence-corrected chi connectivity index (χ2v) is 7.96. The lowest BCUT2D eigenvalue weighted by molar-refractivity contribution is -0.122. The highest BCUT2D eigenvalue weighted by atomic mass is 16.5. The fourth-order valence-corrected chi connectivity index (χ4v) is 4.08. The number of aryl methyl sites for hydroxylation is 1. The molecule has 1 amide bonds. The lowest BCUT2D eigenvalue weighted by Gasteiger charge is -2.33. The van der Waals surface area contributed by atoms with Crippen molar-refractivity contribution < 1.29 is 14.3 Å². The molecule has 2 aliphatic rings. The second kappa shape index (κ2) is 9.79. The van der Waals surface area contributed by atoms with Gasteiger partial charge in [0, 0.05) is 32.0 Å². The number of hydrogen-bond donors (Lipinski definition) is 1. The maximum atomic E-state index is 12.5. The maximum Gasteiger partial charge on any atom is 0.220 e. The summed E-state index contributed by atoms with van der Waals surface area (Å²) in [4.78, 5) is 14.9. The van der Waals surface area contributed by atoms with E-state index in [0.717, 1.165) is 56.0 Å². The number of nitrogens with zero attached hydrogens (tertiary/aromatic N) is 1. The zero-order valence-corrected chi connectivity index (χ0v) is 16.9. The number of rotatable bonds is 6. The van der Waals surface area contributed by atoms with E-state index in [4.69, 9.17) is 9.47 Å². The molecule has 0 saturated carbocycles. The van der Waals surface area contributed by atoms with Crippen molar-refractivity contribution in [3.63, 3.8) is 0 Å². The molecule has 5 nitrogen and oxygen atoms in total. The molecule has 2 aromatic carbocycles. The van der Waals surface area contributed by atoms with Gasteiger partial charge in [0.2, 0.25) is 5.91 Å². The van der Waals surface area contributed by atoms with Crippen molar-refractivity contribution in [3.8, 4) is 11.5 Å². The molecule has 0 aliphatic carbocycles. The van der Waals surface area contributed by atoms with Gasteiger partial charge >= 0.3 is 0 Å². The van der Waals surface area contributed by atoms with Crippen LogP contribution in [-0.4, -0.2) is 43.2 Å². The Morgan fingerprint density at radius 3 is 2.69 bits per heavy atom. The maximum absolute atomic E-state index is 12.5. The van der Waals surface area contributed by atoms with Gasteiger partial charge in [-0.1, -0.05) is 36.4 Å². The molecule has 29 heavy (non-hydrogen) atoms. The molecule has 4 rings (SSSR count). The van der Waals surface area contributed by atoms with Crippen LogP contribution in [0.2, 0.25) is 0 Å². The van der Waals surface area contributed by atoms with Crippen molar-refractivity contribution in [2.24, 2.45) is 0 Å². The second-order valence-electron chi connectivity index (χ2n) is 7.96. The standard InChI is InChI=1S/C24H30N2O3/c27-24(12-10-19-9-11-22-23(16-19)29-15-5-14-28-22)25-21-8-4-13-26(18-21)17-20-6-2-1-3-7-20/h1-3,6-7,9,11,16,21H,4-5,8,10,12-15,17-18H2,(H,25,27). The van der Waals surface area contributed by atoms with Gasteiger partial charge in [-0.15, -0.1) is 0 Å². The number of carbonyl (C=O) groups excluding carboxylic acids is 1. The predicted octanol–water partition coefficient (Wildman–Crippen LogP) is 3.56. The van der Waals surface area contributed by atoms with E-state index in [1.54, 1.807) is 0 Å². The van der Waals surface area contributed by atoms with Crippen LogP contribution in [0.15, 0.2) is 48.5 Å². The summed E-state index contributed by atoms with van der Waals surface area (Å²) in [6.07, 6.45) is 4.29. The Balaban J connectivity index is 1.24. The number of nitrogens with one attached hydrogen (secondary N) is 1. The third kappa shape index (κ3) is 5.73. The Morgan fingerprint density at radius 2 is 1.83 bits per heavy atom. The minimum atomic E-state index is 0.128. The average molecular weight is 395 g/mol. The minimum absolute atomic E-state index is 0.128. The first-order valence-electron chi connectivity index (χ1n) is 10.7. The highest BCUT2D eigenvalue weighted by Crippen LogP contribution is 2.30. The molecule has 1 fully saturated rings. The number of carbonyl (C=O) groups is 1. The molecule has 2 heterocycles. The van der Waals surface area contributed by atoms with Crippen LogP contribution in [0, 0.1) is 0 Å². The van der Waals surface area contributed by atoms with Crippen LogP contribution in [0.25, 0.3) is 0 Å². The lowest BCUT2D eigenvalue weighted by atomic mass is 10.0. The predicted molar refractivity (Wildman–Crippen MR) is 113 cm³/mol. The lowest BCUT2D eigenvalue weighted by Crippen LogP contribution is -2.47. The van der Waals surface area contributed by atoms with E-state index < -0.39 is 0 Å². The Labute approximate surface area is 173 Å². The van der Waals surface area contributed by atoms with E-state index in [1.807, 2.05) is 24.3 Å². The largest absolute Gasteiger partial charge is 0.490 e. The average Bonchev–Trinajstić information content (AvgIpc) is 2.98. The Bertz CT molecular complexity index is 809. The van der Waals surface area contributed by atoms with Crippen LogP contribution < -0.4 is 14.8 Å². The first-order chi connectivity index (χ1) is 14.3. The molecule has 2 aliphatic heterocycles. The summed E-state index contributed by atoms with van der Waals surface area (Å²) in [7, 11) is 0. The molecule has 2 aromatic rings. The topological polar surface area (TPSA) is 50.8 Å². The molecule has 1 atom stereocenters. The molecule has 0 spiro atoms. The van der Waals surface area contributed by atoms with Gasteiger partial charge in [0.25, 0.3) is 0 Å². The minimum Gasteiger partial charge on any atom is -0.490 e. The summed E-state index contributed by atoms with van der Waals surface area (Å²) in [5.74, 6) is 1.73. The molecule has 1 N–H and O–H groups in total. The summed E-state index contributed by atoms with van der Waals surface area (Å²) in [6, 6.07) is 16.8. The third-order valence-electron chi connectivity index (χ3n) is 5.57. The van der Waals surface area contributed by atoms with Gasteiger partial charge in [-0.3, -0.25) is 9.69 Å². The van der Waals surface area contributed by atoms with Gasteiger partial charge in [0.05, 0.1) is 13.2 Å². The summed E-state index contributed by atoms with van der Waals surface area (Å²) >= 11 is 0. The van der Waals surface area contributed by atoms with Crippen molar-refractivity contribution in [3.05, 3.63) is 59.7 Å². The Hall–Kier alpha value is -2.53. The van der Waals surface area contributed by atoms with Gasteiger partial charge in [0.1, 0.15) is 0 Å². The molecular formula is C24H30N2O3. The zero-order chi connectivity index (χ0) is 19.9. The molecule has 154 valence electrons. The van der Waals surface area contributed by atoms with E-state index in [0.29, 0.717) is 26.1 Å².